The predicted octanol–water partition coefficient (Wildman–Crippen LogP) is 0.506. The first kappa shape index (κ1) is 10.9. The molecule has 16 heavy (non-hydrogen) atoms. The maximum absolute atomic E-state index is 10.9. The first-order valence-corrected chi connectivity index (χ1v) is 5.36. The van der Waals surface area contributed by atoms with Crippen LogP contribution < -0.4 is 11.1 Å². The molecule has 1 heterocycles. The summed E-state index contributed by atoms with van der Waals surface area (Å²) in [6.07, 6.45) is 2.23. The van der Waals surface area contributed by atoms with Crippen molar-refractivity contribution in [2.45, 2.75) is 31.4 Å². The number of anilines is 1. The molecular formula is C11H15N3O2. The molecule has 1 aromatic heterocycles. The van der Waals surface area contributed by atoms with Crippen LogP contribution in [-0.2, 0) is 0 Å². The van der Waals surface area contributed by atoms with Crippen molar-refractivity contribution < 1.29 is 9.90 Å². The van der Waals surface area contributed by atoms with Gasteiger partial charge in [-0.1, -0.05) is 6.07 Å². The van der Waals surface area contributed by atoms with E-state index < -0.39 is 5.91 Å². The maximum Gasteiger partial charge on any atom is 0.267 e. The van der Waals surface area contributed by atoms with Crippen LogP contribution >= 0.6 is 0 Å². The number of aliphatic hydroxyl groups is 1. The largest absolute Gasteiger partial charge is 0.393 e. The van der Waals surface area contributed by atoms with E-state index in [4.69, 9.17) is 5.73 Å². The van der Waals surface area contributed by atoms with Crippen LogP contribution in [0.1, 0.15) is 29.8 Å². The molecule has 1 aromatic rings. The molecule has 86 valence electrons. The molecule has 1 aliphatic rings. The summed E-state index contributed by atoms with van der Waals surface area (Å²) in [5.41, 5.74) is 5.40. The third-order valence-electron chi connectivity index (χ3n) is 2.76. The minimum Gasteiger partial charge on any atom is -0.393 e. The van der Waals surface area contributed by atoms with E-state index in [0.29, 0.717) is 5.82 Å². The number of pyridine rings is 1. The normalized spacial score (nSPS) is 24.3. The van der Waals surface area contributed by atoms with Gasteiger partial charge in [-0.25, -0.2) is 4.98 Å². The Morgan fingerprint density at radius 2 is 2.31 bits per heavy atom. The summed E-state index contributed by atoms with van der Waals surface area (Å²) in [5, 5.41) is 12.6. The smallest absolute Gasteiger partial charge is 0.267 e. The number of carbonyl (C=O) groups is 1. The monoisotopic (exact) mass is 221 g/mol. The van der Waals surface area contributed by atoms with Gasteiger partial charge in [0.15, 0.2) is 0 Å². The molecule has 1 aliphatic carbocycles. The zero-order chi connectivity index (χ0) is 11.5. The van der Waals surface area contributed by atoms with Crippen molar-refractivity contribution in [3.63, 3.8) is 0 Å². The molecule has 0 saturated heterocycles. The Morgan fingerprint density at radius 1 is 1.50 bits per heavy atom. The van der Waals surface area contributed by atoms with Crippen LogP contribution in [0.2, 0.25) is 0 Å². The number of nitrogens with two attached hydrogens (primary N) is 1. The van der Waals surface area contributed by atoms with Crippen molar-refractivity contribution in [2.75, 3.05) is 5.32 Å². The Morgan fingerprint density at radius 3 is 2.94 bits per heavy atom. The first-order chi connectivity index (χ1) is 7.65. The van der Waals surface area contributed by atoms with E-state index in [1.165, 1.54) is 0 Å². The third-order valence-corrected chi connectivity index (χ3v) is 2.76. The molecule has 0 aliphatic heterocycles. The lowest BCUT2D eigenvalue weighted by Gasteiger charge is -2.12. The van der Waals surface area contributed by atoms with Crippen molar-refractivity contribution in [1.29, 1.82) is 0 Å². The lowest BCUT2D eigenvalue weighted by Crippen LogP contribution is -2.19. The van der Waals surface area contributed by atoms with Crippen molar-refractivity contribution >= 4 is 11.7 Å². The standard InChI is InChI=1S/C11H15N3O2/c12-11(16)9-2-1-3-10(14-9)13-7-4-5-8(15)6-7/h1-3,7-8,15H,4-6H2,(H2,12,16)(H,13,14)/t7-,8-/m0/s1. The number of nitrogens with one attached hydrogen (secondary N) is 1. The molecule has 0 unspecified atom stereocenters. The van der Waals surface area contributed by atoms with Gasteiger partial charge < -0.3 is 16.2 Å². The Hall–Kier alpha value is -1.62. The van der Waals surface area contributed by atoms with E-state index in [1.54, 1.807) is 18.2 Å². The summed E-state index contributed by atoms with van der Waals surface area (Å²) >= 11 is 0. The molecule has 0 spiro atoms. The minimum absolute atomic E-state index is 0.225. The fraction of sp³-hybridized carbons (Fsp3) is 0.455. The van der Waals surface area contributed by atoms with E-state index in [-0.39, 0.29) is 17.8 Å². The molecule has 2 rings (SSSR count). The molecule has 4 N–H and O–H groups in total. The second-order valence-electron chi connectivity index (χ2n) is 4.08. The fourth-order valence-corrected chi connectivity index (χ4v) is 1.95. The number of nitrogens with zero attached hydrogens (tertiary/aromatic N) is 1. The van der Waals surface area contributed by atoms with Crippen LogP contribution in [0, 0.1) is 0 Å². The summed E-state index contributed by atoms with van der Waals surface area (Å²) in [5.74, 6) is 0.102. The highest BCUT2D eigenvalue weighted by Gasteiger charge is 2.22. The predicted molar refractivity (Wildman–Crippen MR) is 60.0 cm³/mol. The number of rotatable bonds is 3. The van der Waals surface area contributed by atoms with Gasteiger partial charge in [-0.15, -0.1) is 0 Å². The van der Waals surface area contributed by atoms with Crippen LogP contribution in [0.3, 0.4) is 0 Å². The van der Waals surface area contributed by atoms with Gasteiger partial charge in [-0.05, 0) is 31.4 Å². The molecule has 0 aromatic carbocycles. The SMILES string of the molecule is NC(=O)c1cccc(N[C@H]2CC[C@H](O)C2)n1. The van der Waals surface area contributed by atoms with Crippen LogP contribution in [0.25, 0.3) is 0 Å². The second-order valence-corrected chi connectivity index (χ2v) is 4.08. The summed E-state index contributed by atoms with van der Waals surface area (Å²) in [6.45, 7) is 0. The Labute approximate surface area is 93.7 Å². The van der Waals surface area contributed by atoms with Crippen LogP contribution in [0.5, 0.6) is 0 Å². The molecule has 1 saturated carbocycles. The molecular weight excluding hydrogens is 206 g/mol. The van der Waals surface area contributed by atoms with E-state index in [9.17, 15) is 9.90 Å². The lowest BCUT2D eigenvalue weighted by molar-refractivity contribution is 0.0995. The van der Waals surface area contributed by atoms with Gasteiger partial charge in [-0.2, -0.15) is 0 Å². The van der Waals surface area contributed by atoms with E-state index in [0.717, 1.165) is 19.3 Å². The lowest BCUT2D eigenvalue weighted by atomic mass is 10.2. The van der Waals surface area contributed by atoms with E-state index in [1.807, 2.05) is 0 Å². The van der Waals surface area contributed by atoms with Gasteiger partial charge in [-0.3, -0.25) is 4.79 Å². The number of amides is 1. The topological polar surface area (TPSA) is 88.2 Å². The maximum atomic E-state index is 10.9. The molecule has 1 fully saturated rings. The van der Waals surface area contributed by atoms with Gasteiger partial charge in [0.25, 0.3) is 5.91 Å². The van der Waals surface area contributed by atoms with Gasteiger partial charge in [0.1, 0.15) is 11.5 Å². The number of hydrogen-bond acceptors (Lipinski definition) is 4. The quantitative estimate of drug-likeness (QED) is 0.693. The van der Waals surface area contributed by atoms with Gasteiger partial charge >= 0.3 is 0 Å². The van der Waals surface area contributed by atoms with Crippen LogP contribution in [-0.4, -0.2) is 28.1 Å². The van der Waals surface area contributed by atoms with Crippen molar-refractivity contribution in [3.8, 4) is 0 Å². The van der Waals surface area contributed by atoms with Crippen molar-refractivity contribution in [3.05, 3.63) is 23.9 Å². The molecule has 2 atom stereocenters. The Balaban J connectivity index is 2.04. The third kappa shape index (κ3) is 2.49. The number of carbonyl (C=O) groups excluding carboxylic acids is 1. The Bertz CT molecular complexity index is 395. The number of aliphatic hydroxyl groups excluding tert-OH is 1. The highest BCUT2D eigenvalue weighted by Crippen LogP contribution is 2.22. The molecule has 5 heteroatoms. The molecule has 5 nitrogen and oxygen atoms in total. The highest BCUT2D eigenvalue weighted by atomic mass is 16.3. The van der Waals surface area contributed by atoms with Crippen molar-refractivity contribution in [2.24, 2.45) is 5.73 Å². The van der Waals surface area contributed by atoms with Gasteiger partial charge in [0.05, 0.1) is 6.10 Å². The average molecular weight is 221 g/mol. The van der Waals surface area contributed by atoms with E-state index in [2.05, 4.69) is 10.3 Å². The van der Waals surface area contributed by atoms with Gasteiger partial charge in [0.2, 0.25) is 0 Å². The zero-order valence-corrected chi connectivity index (χ0v) is 8.89. The highest BCUT2D eigenvalue weighted by molar-refractivity contribution is 5.91. The van der Waals surface area contributed by atoms with Crippen LogP contribution in [0.15, 0.2) is 18.2 Å². The van der Waals surface area contributed by atoms with Crippen molar-refractivity contribution in [1.82, 2.24) is 4.98 Å². The summed E-state index contributed by atoms with van der Waals surface area (Å²) in [7, 11) is 0. The number of hydrogen-bond donors (Lipinski definition) is 3. The average Bonchev–Trinajstić information content (AvgIpc) is 2.64. The molecule has 0 radical (unpaired) electrons. The number of primary amides is 1. The molecule has 1 amide bonds. The summed E-state index contributed by atoms with van der Waals surface area (Å²) in [6, 6.07) is 5.33. The number of aromatic nitrogens is 1. The Kier molecular flexibility index (Phi) is 3.05. The second kappa shape index (κ2) is 4.49. The molecule has 0 bridgehead atoms. The minimum atomic E-state index is -0.532. The zero-order valence-electron chi connectivity index (χ0n) is 8.89. The first-order valence-electron chi connectivity index (χ1n) is 5.36. The van der Waals surface area contributed by atoms with Crippen LogP contribution in [0.4, 0.5) is 5.82 Å². The summed E-state index contributed by atoms with van der Waals surface area (Å²) < 4.78 is 0. The fourth-order valence-electron chi connectivity index (χ4n) is 1.95. The van der Waals surface area contributed by atoms with E-state index >= 15 is 0 Å². The summed E-state index contributed by atoms with van der Waals surface area (Å²) in [4.78, 5) is 15.0. The van der Waals surface area contributed by atoms with Gasteiger partial charge in [0, 0.05) is 6.04 Å².